The topological polar surface area (TPSA) is 55.8 Å². The van der Waals surface area contributed by atoms with Crippen LogP contribution in [-0.4, -0.2) is 38.2 Å². The molecule has 0 radical (unpaired) electrons. The van der Waals surface area contributed by atoms with Crippen LogP contribution in [0, 0.1) is 11.8 Å². The van der Waals surface area contributed by atoms with Crippen LogP contribution in [0.2, 0.25) is 18.1 Å². The Hall–Kier alpha value is -0.393. The highest BCUT2D eigenvalue weighted by Crippen LogP contribution is 2.41. The SMILES string of the molecule is C[C@H]1[C@H](O[Si](C)(C)C(C)(C)C)[C@H](C)C(=O)O[C@@H]1CCO. The van der Waals surface area contributed by atoms with E-state index in [1.807, 2.05) is 6.92 Å². The fourth-order valence-electron chi connectivity index (χ4n) is 2.34. The summed E-state index contributed by atoms with van der Waals surface area (Å²) in [7, 11) is -1.93. The maximum absolute atomic E-state index is 12.0. The summed E-state index contributed by atoms with van der Waals surface area (Å²) >= 11 is 0. The summed E-state index contributed by atoms with van der Waals surface area (Å²) in [6, 6.07) is 0. The van der Waals surface area contributed by atoms with Crippen LogP contribution in [0.1, 0.15) is 41.0 Å². The highest BCUT2D eigenvalue weighted by molar-refractivity contribution is 6.74. The first-order valence-corrected chi connectivity index (χ1v) is 10.4. The molecule has 1 heterocycles. The number of rotatable bonds is 4. The molecule has 0 aromatic carbocycles. The third-order valence-electron chi connectivity index (χ3n) is 4.89. The fourth-order valence-corrected chi connectivity index (χ4v) is 3.79. The Bertz CT molecular complexity index is 348. The number of carbonyl (C=O) groups excluding carboxylic acids is 1. The van der Waals surface area contributed by atoms with E-state index >= 15 is 0 Å². The van der Waals surface area contributed by atoms with Crippen molar-refractivity contribution in [3.63, 3.8) is 0 Å². The van der Waals surface area contributed by atoms with Gasteiger partial charge >= 0.3 is 5.97 Å². The van der Waals surface area contributed by atoms with Gasteiger partial charge in [-0.25, -0.2) is 0 Å². The lowest BCUT2D eigenvalue weighted by Gasteiger charge is -2.46. The first-order chi connectivity index (χ1) is 9.01. The van der Waals surface area contributed by atoms with Gasteiger partial charge in [-0.2, -0.15) is 0 Å². The molecule has 1 saturated heterocycles. The van der Waals surface area contributed by atoms with E-state index in [2.05, 4.69) is 40.8 Å². The number of carbonyl (C=O) groups is 1. The van der Waals surface area contributed by atoms with Crippen LogP contribution in [0.3, 0.4) is 0 Å². The van der Waals surface area contributed by atoms with Crippen molar-refractivity contribution in [2.45, 2.75) is 71.4 Å². The second-order valence-corrected chi connectivity index (χ2v) is 12.2. The highest BCUT2D eigenvalue weighted by Gasteiger charge is 2.47. The van der Waals surface area contributed by atoms with Crippen molar-refractivity contribution in [2.75, 3.05) is 6.61 Å². The second-order valence-electron chi connectivity index (χ2n) is 7.48. The second kappa shape index (κ2) is 6.16. The minimum absolute atomic E-state index is 0.0312. The number of ether oxygens (including phenoxy) is 1. The van der Waals surface area contributed by atoms with E-state index in [0.717, 1.165) is 0 Å². The van der Waals surface area contributed by atoms with Crippen molar-refractivity contribution in [2.24, 2.45) is 11.8 Å². The van der Waals surface area contributed by atoms with Gasteiger partial charge in [0, 0.05) is 18.9 Å². The molecule has 0 aromatic rings. The summed E-state index contributed by atoms with van der Waals surface area (Å²) < 4.78 is 11.9. The average molecular weight is 302 g/mol. The molecule has 1 aliphatic rings. The van der Waals surface area contributed by atoms with Gasteiger partial charge in [0.25, 0.3) is 0 Å². The van der Waals surface area contributed by atoms with Gasteiger partial charge in [0.05, 0.1) is 12.0 Å². The maximum Gasteiger partial charge on any atom is 0.311 e. The average Bonchev–Trinajstić information content (AvgIpc) is 2.30. The molecule has 1 rings (SSSR count). The lowest BCUT2D eigenvalue weighted by atomic mass is 9.85. The van der Waals surface area contributed by atoms with Crippen molar-refractivity contribution in [1.82, 2.24) is 0 Å². The molecule has 0 aliphatic carbocycles. The van der Waals surface area contributed by atoms with Crippen molar-refractivity contribution in [1.29, 1.82) is 0 Å². The predicted molar refractivity (Wildman–Crippen MR) is 82.0 cm³/mol. The van der Waals surface area contributed by atoms with Crippen LogP contribution < -0.4 is 0 Å². The summed E-state index contributed by atoms with van der Waals surface area (Å²) in [5.74, 6) is -0.330. The molecule has 0 spiro atoms. The van der Waals surface area contributed by atoms with E-state index in [9.17, 15) is 4.79 Å². The predicted octanol–water partition coefficient (Wildman–Crippen LogP) is 2.96. The Kier molecular flexibility index (Phi) is 5.44. The lowest BCUT2D eigenvalue weighted by molar-refractivity contribution is -0.177. The molecule has 0 bridgehead atoms. The molecule has 1 N–H and O–H groups in total. The monoisotopic (exact) mass is 302 g/mol. The Balaban J connectivity index is 2.92. The lowest BCUT2D eigenvalue weighted by Crippen LogP contribution is -2.54. The normalized spacial score (nSPS) is 32.1. The van der Waals surface area contributed by atoms with Gasteiger partial charge in [0.1, 0.15) is 6.10 Å². The zero-order valence-electron chi connectivity index (χ0n) is 13.9. The Morgan fingerprint density at radius 3 is 2.30 bits per heavy atom. The number of cyclic esters (lactones) is 1. The smallest absolute Gasteiger partial charge is 0.311 e. The third-order valence-corrected chi connectivity index (χ3v) is 9.36. The summed E-state index contributed by atoms with van der Waals surface area (Å²) in [4.78, 5) is 12.0. The van der Waals surface area contributed by atoms with Gasteiger partial charge in [-0.3, -0.25) is 4.79 Å². The van der Waals surface area contributed by atoms with Gasteiger partial charge in [-0.15, -0.1) is 0 Å². The van der Waals surface area contributed by atoms with Gasteiger partial charge in [0.15, 0.2) is 8.32 Å². The molecule has 118 valence electrons. The number of aliphatic hydroxyl groups is 1. The zero-order chi connectivity index (χ0) is 15.7. The molecule has 4 atom stereocenters. The van der Waals surface area contributed by atoms with Gasteiger partial charge in [-0.05, 0) is 25.1 Å². The van der Waals surface area contributed by atoms with Gasteiger partial charge < -0.3 is 14.3 Å². The number of aliphatic hydroxyl groups excluding tert-OH is 1. The molecule has 20 heavy (non-hydrogen) atoms. The summed E-state index contributed by atoms with van der Waals surface area (Å²) in [6.07, 6.45) is 0.129. The fraction of sp³-hybridized carbons (Fsp3) is 0.933. The first kappa shape index (κ1) is 17.7. The summed E-state index contributed by atoms with van der Waals surface area (Å²) in [6.45, 7) is 15.0. The standard InChI is InChI=1S/C15H30O4Si/c1-10-12(8-9-16)18-14(17)11(2)13(10)19-20(6,7)15(3,4)5/h10-13,16H,8-9H2,1-7H3/t10-,11+,12-,13+/m1/s1. The van der Waals surface area contributed by atoms with Gasteiger partial charge in [-0.1, -0.05) is 27.7 Å². The maximum atomic E-state index is 12.0. The Morgan fingerprint density at radius 2 is 1.85 bits per heavy atom. The van der Waals surface area contributed by atoms with Crippen LogP contribution in [0.5, 0.6) is 0 Å². The molecule has 0 unspecified atom stereocenters. The molecule has 1 fully saturated rings. The quantitative estimate of drug-likeness (QED) is 0.641. The summed E-state index contributed by atoms with van der Waals surface area (Å²) in [5.41, 5.74) is 0. The highest BCUT2D eigenvalue weighted by atomic mass is 28.4. The number of hydrogen-bond donors (Lipinski definition) is 1. The molecule has 4 nitrogen and oxygen atoms in total. The zero-order valence-corrected chi connectivity index (χ0v) is 14.9. The first-order valence-electron chi connectivity index (χ1n) is 7.50. The van der Waals surface area contributed by atoms with Crippen LogP contribution in [0.15, 0.2) is 0 Å². The van der Waals surface area contributed by atoms with E-state index in [1.54, 1.807) is 0 Å². The molecule has 5 heteroatoms. The van der Waals surface area contributed by atoms with Crippen LogP contribution in [0.4, 0.5) is 0 Å². The van der Waals surface area contributed by atoms with E-state index in [-0.39, 0.29) is 41.7 Å². The third kappa shape index (κ3) is 3.62. The Labute approximate surface area is 124 Å². The molecular weight excluding hydrogens is 272 g/mol. The Morgan fingerprint density at radius 1 is 1.30 bits per heavy atom. The van der Waals surface area contributed by atoms with Crippen molar-refractivity contribution < 1.29 is 19.1 Å². The molecular formula is C15H30O4Si. The molecule has 0 amide bonds. The van der Waals surface area contributed by atoms with Crippen molar-refractivity contribution >= 4 is 14.3 Å². The molecule has 0 aromatic heterocycles. The van der Waals surface area contributed by atoms with E-state index in [4.69, 9.17) is 14.3 Å². The summed E-state index contributed by atoms with van der Waals surface area (Å²) in [5, 5.41) is 9.22. The van der Waals surface area contributed by atoms with Crippen molar-refractivity contribution in [3.05, 3.63) is 0 Å². The van der Waals surface area contributed by atoms with E-state index < -0.39 is 8.32 Å². The molecule has 1 aliphatic heterocycles. The van der Waals surface area contributed by atoms with Crippen LogP contribution in [0.25, 0.3) is 0 Å². The molecule has 0 saturated carbocycles. The van der Waals surface area contributed by atoms with E-state index in [0.29, 0.717) is 6.42 Å². The van der Waals surface area contributed by atoms with Gasteiger partial charge in [0.2, 0.25) is 0 Å². The number of esters is 1. The minimum atomic E-state index is -1.93. The van der Waals surface area contributed by atoms with E-state index in [1.165, 1.54) is 0 Å². The largest absolute Gasteiger partial charge is 0.462 e. The number of hydrogen-bond acceptors (Lipinski definition) is 4. The minimum Gasteiger partial charge on any atom is -0.462 e. The van der Waals surface area contributed by atoms with Crippen LogP contribution in [-0.2, 0) is 14.0 Å². The van der Waals surface area contributed by atoms with Crippen molar-refractivity contribution in [3.8, 4) is 0 Å². The van der Waals surface area contributed by atoms with Crippen LogP contribution >= 0.6 is 0 Å².